The van der Waals surface area contributed by atoms with Gasteiger partial charge in [0.05, 0.1) is 44.0 Å². The number of amides is 1. The second kappa shape index (κ2) is 21.4. The summed E-state index contributed by atoms with van der Waals surface area (Å²) in [4.78, 5) is 75.3. The molecule has 9 rings (SSSR count). The Bertz CT molecular complexity index is 2740. The fourth-order valence-electron chi connectivity index (χ4n) is 10.2. The van der Waals surface area contributed by atoms with Crippen LogP contribution in [0.2, 0.25) is 0 Å². The van der Waals surface area contributed by atoms with Gasteiger partial charge in [0, 0.05) is 45.2 Å². The number of hydrogen-bond acceptors (Lipinski definition) is 15. The maximum atomic E-state index is 13.8. The number of carbonyl (C=O) groups is 4. The summed E-state index contributed by atoms with van der Waals surface area (Å²) in [6.45, 7) is 14.7. The summed E-state index contributed by atoms with van der Waals surface area (Å²) in [5, 5.41) is 3.13. The number of allylic oxidation sites excluding steroid dienone is 6. The molecule has 72 heavy (non-hydrogen) atoms. The van der Waals surface area contributed by atoms with E-state index in [1.807, 2.05) is 53.3 Å². The molecule has 2 unspecified atom stereocenters. The van der Waals surface area contributed by atoms with E-state index in [1.165, 1.54) is 27.2 Å². The SMILES string of the molecule is CN1C=CC=C2C1=NC(=CC=C1C[N+](C)(C)CC(C=CC3=Nc4c(ccc[n+]4C)C3(C)C)=C1Sc1ccc(NC(=O)CN3CCN4CCN5CCN(CC3)CC(=O)[O][111In]([O]C(=O)C4)[O]C(=O)C5)cc1)C2(C)C. The second-order valence-corrected chi connectivity index (χ2v) is 26.0. The van der Waals surface area contributed by atoms with Crippen LogP contribution in [-0.2, 0) is 40.2 Å². The van der Waals surface area contributed by atoms with Crippen LogP contribution in [0.4, 0.5) is 11.5 Å². The van der Waals surface area contributed by atoms with Gasteiger partial charge in [0.25, 0.3) is 0 Å². The molecule has 17 nitrogen and oxygen atoms in total. The van der Waals surface area contributed by atoms with E-state index in [0.29, 0.717) is 58.0 Å². The van der Waals surface area contributed by atoms with Crippen molar-refractivity contribution in [2.45, 2.75) is 38.0 Å². The van der Waals surface area contributed by atoms with Gasteiger partial charge < -0.3 is 9.38 Å². The van der Waals surface area contributed by atoms with Crippen molar-refractivity contribution < 1.29 is 36.8 Å². The van der Waals surface area contributed by atoms with Crippen LogP contribution in [0.1, 0.15) is 33.3 Å². The number of aryl methyl sites for hydroxylation is 1. The monoisotopic (exact) mass is 1100 g/mol. The molecule has 0 radical (unpaired) electrons. The Hall–Kier alpha value is -5.15. The van der Waals surface area contributed by atoms with Gasteiger partial charge >= 0.3 is 201 Å². The van der Waals surface area contributed by atoms with Crippen LogP contribution >= 0.6 is 11.8 Å². The minimum Gasteiger partial charge on any atom is -0.0500 e. The molecule has 1 aromatic heterocycles. The topological polar surface area (TPSA) is 153 Å². The summed E-state index contributed by atoms with van der Waals surface area (Å²) >= 11 is -2.49. The van der Waals surface area contributed by atoms with Crippen molar-refractivity contribution in [2.75, 3.05) is 118 Å². The minimum atomic E-state index is -4.23. The van der Waals surface area contributed by atoms with Gasteiger partial charge in [0.15, 0.2) is 5.71 Å². The van der Waals surface area contributed by atoms with Crippen LogP contribution in [-0.4, -0.2) is 200 Å². The van der Waals surface area contributed by atoms with Gasteiger partial charge in [0.2, 0.25) is 0 Å². The van der Waals surface area contributed by atoms with Crippen LogP contribution in [0.15, 0.2) is 127 Å². The number of benzene rings is 1. The summed E-state index contributed by atoms with van der Waals surface area (Å²) in [6.07, 6.45) is 17.3. The molecule has 1 amide bonds. The number of nitrogens with one attached hydrogen (secondary N) is 1. The van der Waals surface area contributed by atoms with Crippen molar-refractivity contribution in [1.82, 2.24) is 24.5 Å². The number of fused-ring (bicyclic) bond motifs is 9. The van der Waals surface area contributed by atoms with Crippen molar-refractivity contribution in [3.8, 4) is 0 Å². The van der Waals surface area contributed by atoms with Crippen LogP contribution in [0, 0.1) is 5.41 Å². The van der Waals surface area contributed by atoms with E-state index in [1.54, 1.807) is 11.8 Å². The number of amidine groups is 1. The molecule has 378 valence electrons. The van der Waals surface area contributed by atoms with Crippen LogP contribution in [0.3, 0.4) is 0 Å². The number of anilines is 1. The molecule has 4 bridgehead atoms. The molecular weight excluding hydrogens is 1030 g/mol. The first kappa shape index (κ1) is 51.7. The quantitative estimate of drug-likeness (QED) is 0.300. The fraction of sp³-hybridized carbons (Fsp3) is 0.453. The third-order valence-corrected chi connectivity index (χ3v) is 19.6. The van der Waals surface area contributed by atoms with Gasteiger partial charge in [-0.1, -0.05) is 37.8 Å². The number of nitrogens with zero attached hydrogens (tertiary/aromatic N) is 9. The molecule has 0 saturated carbocycles. The van der Waals surface area contributed by atoms with E-state index in [0.717, 1.165) is 45.5 Å². The Morgan fingerprint density at radius 1 is 0.819 bits per heavy atom. The summed E-state index contributed by atoms with van der Waals surface area (Å²) in [5.74, 6) is 0.0726. The van der Waals surface area contributed by atoms with Gasteiger partial charge in [-0.25, -0.2) is 9.56 Å². The third-order valence-electron chi connectivity index (χ3n) is 14.4. The van der Waals surface area contributed by atoms with E-state index >= 15 is 0 Å². The zero-order valence-electron chi connectivity index (χ0n) is 42.9. The number of rotatable bonds is 8. The van der Waals surface area contributed by atoms with Gasteiger partial charge in [0.1, 0.15) is 18.9 Å². The molecular formula is C53H67InN10O7S+2. The van der Waals surface area contributed by atoms with Crippen molar-refractivity contribution in [3.63, 3.8) is 0 Å². The Labute approximate surface area is 436 Å². The molecule has 2 aromatic rings. The van der Waals surface area contributed by atoms with Gasteiger partial charge in [-0.15, -0.1) is 0 Å². The molecule has 1 N–H and O–H groups in total. The molecule has 0 aliphatic carbocycles. The Kier molecular flexibility index (Phi) is 15.4. The van der Waals surface area contributed by atoms with Crippen LogP contribution < -0.4 is 9.88 Å². The van der Waals surface area contributed by atoms with Gasteiger partial charge in [-0.05, 0) is 67.4 Å². The molecule has 0 spiro atoms. The molecule has 19 heteroatoms. The zero-order chi connectivity index (χ0) is 51.0. The number of likely N-dealkylation sites (N-methyl/N-ethyl adjacent to an activating group) is 2. The number of carbonyl (C=O) groups excluding carboxylic acids is 4. The molecule has 7 aliphatic heterocycles. The molecule has 3 fully saturated rings. The van der Waals surface area contributed by atoms with Crippen LogP contribution in [0.5, 0.6) is 0 Å². The van der Waals surface area contributed by atoms with Crippen molar-refractivity contribution in [3.05, 3.63) is 118 Å². The van der Waals surface area contributed by atoms with E-state index in [4.69, 9.17) is 18.5 Å². The first-order chi connectivity index (χ1) is 34.3. The zero-order valence-corrected chi connectivity index (χ0v) is 47.0. The molecule has 7 aliphatic rings. The Balaban J connectivity index is 0.952. The number of thioether (sulfide) groups is 1. The first-order valence-corrected chi connectivity index (χ1v) is 29.6. The number of aliphatic imine (C=N–C) groups is 2. The molecule has 2 atom stereocenters. The minimum absolute atomic E-state index is 0.0234. The van der Waals surface area contributed by atoms with E-state index in [9.17, 15) is 19.2 Å². The summed E-state index contributed by atoms with van der Waals surface area (Å²) in [7, 11) is 8.65. The normalized spacial score (nSPS) is 26.4. The van der Waals surface area contributed by atoms with Crippen molar-refractivity contribution in [1.29, 1.82) is 0 Å². The van der Waals surface area contributed by atoms with E-state index in [2.05, 4.69) is 122 Å². The third kappa shape index (κ3) is 11.9. The smallest absolute Gasteiger partial charge is 0.0500 e. The van der Waals surface area contributed by atoms with Crippen molar-refractivity contribution >= 4 is 81.4 Å². The van der Waals surface area contributed by atoms with Crippen molar-refractivity contribution in [2.24, 2.45) is 22.4 Å². The average Bonchev–Trinajstić information content (AvgIpc) is 3.72. The first-order valence-electron chi connectivity index (χ1n) is 24.8. The number of pyridine rings is 1. The predicted octanol–water partition coefficient (Wildman–Crippen LogP) is 4.00. The standard InChI is InChI=1S/C53H68N10O7S.In/c1-52(2)41-11-9-21-57(5)50(41)55-43(52)19-13-37-35-63(7,8)36-38(14-20-44-53(3,4)42-12-10-22-58(6)51(42)56-44)49(37)71-40-17-15-39(16-18-40)54-45(64)31-59-23-25-60(32-46(65)66)27-29-62(34-48(69)70)30-28-61(26-24-59)33-47(67)68;/h9-22H,23-36H2,1-8H3,(H2-2,54,64,65,66,67,68,69,70);/q;+3/p-1/i;1-4. The summed E-state index contributed by atoms with van der Waals surface area (Å²) in [6, 6.07) is 12.3. The number of hydrogen-bond donors (Lipinski definition) is 1. The second-order valence-electron chi connectivity index (χ2n) is 21.3. The Morgan fingerprint density at radius 3 is 2.03 bits per heavy atom. The fourth-order valence-corrected chi connectivity index (χ4v) is 14.1. The summed E-state index contributed by atoms with van der Waals surface area (Å²) < 4.78 is 19.4. The Morgan fingerprint density at radius 2 is 1.43 bits per heavy atom. The van der Waals surface area contributed by atoms with Gasteiger partial charge in [-0.2, -0.15) is 0 Å². The predicted molar refractivity (Wildman–Crippen MR) is 279 cm³/mol. The molecule has 3 saturated heterocycles. The van der Waals surface area contributed by atoms with Gasteiger partial charge in [-0.3, -0.25) is 0 Å². The molecule has 1 aromatic carbocycles. The van der Waals surface area contributed by atoms with E-state index < -0.39 is 40.7 Å². The molecule has 8 heterocycles. The maximum absolute atomic E-state index is 13.8. The number of aromatic nitrogens is 1. The summed E-state index contributed by atoms with van der Waals surface area (Å²) in [5.41, 5.74) is 7.05. The number of quaternary nitrogens is 1. The van der Waals surface area contributed by atoms with E-state index in [-0.39, 0.29) is 42.9 Å². The van der Waals surface area contributed by atoms with Crippen LogP contribution in [0.25, 0.3) is 0 Å². The average molecular weight is 1100 g/mol.